The average molecular weight is 289 g/mol. The normalized spacial score (nSPS) is 27.7. The Balaban J connectivity index is 1.87. The zero-order valence-electron chi connectivity index (χ0n) is 12.1. The number of nitrogens with two attached hydrogens (primary N) is 1. The molecule has 19 heavy (non-hydrogen) atoms. The highest BCUT2D eigenvalue weighted by molar-refractivity contribution is 7.88. The van der Waals surface area contributed by atoms with Gasteiger partial charge in [-0.25, -0.2) is 12.7 Å². The van der Waals surface area contributed by atoms with Crippen molar-refractivity contribution >= 4 is 10.0 Å². The van der Waals surface area contributed by atoms with Crippen molar-refractivity contribution in [3.05, 3.63) is 0 Å². The Bertz CT molecular complexity index is 395. The molecule has 1 aliphatic heterocycles. The highest BCUT2D eigenvalue weighted by Gasteiger charge is 2.34. The van der Waals surface area contributed by atoms with Crippen molar-refractivity contribution in [1.82, 2.24) is 9.21 Å². The minimum Gasteiger partial charge on any atom is -0.329 e. The average Bonchev–Trinajstić information content (AvgIpc) is 3.13. The van der Waals surface area contributed by atoms with Crippen molar-refractivity contribution in [3.63, 3.8) is 0 Å². The van der Waals surface area contributed by atoms with E-state index in [0.717, 1.165) is 25.3 Å². The predicted octanol–water partition coefficient (Wildman–Crippen LogP) is 0.327. The van der Waals surface area contributed by atoms with E-state index in [1.54, 1.807) is 4.31 Å². The molecule has 2 fully saturated rings. The van der Waals surface area contributed by atoms with Gasteiger partial charge in [0.25, 0.3) is 0 Å². The molecule has 5 nitrogen and oxygen atoms in total. The largest absolute Gasteiger partial charge is 0.329 e. The molecule has 0 bridgehead atoms. The van der Waals surface area contributed by atoms with Crippen molar-refractivity contribution in [2.45, 2.75) is 31.7 Å². The highest BCUT2D eigenvalue weighted by atomic mass is 32.2. The second-order valence-electron chi connectivity index (χ2n) is 6.21. The van der Waals surface area contributed by atoms with E-state index in [1.165, 1.54) is 19.1 Å². The van der Waals surface area contributed by atoms with Gasteiger partial charge in [-0.05, 0) is 44.6 Å². The van der Waals surface area contributed by atoms with Gasteiger partial charge in [0.05, 0.1) is 6.26 Å². The maximum absolute atomic E-state index is 11.6. The minimum absolute atomic E-state index is 0.446. The monoisotopic (exact) mass is 289 g/mol. The van der Waals surface area contributed by atoms with E-state index >= 15 is 0 Å². The topological polar surface area (TPSA) is 66.6 Å². The van der Waals surface area contributed by atoms with Crippen LogP contribution in [0.4, 0.5) is 0 Å². The van der Waals surface area contributed by atoms with Crippen molar-refractivity contribution < 1.29 is 8.42 Å². The smallest absolute Gasteiger partial charge is 0.211 e. The fraction of sp³-hybridized carbons (Fsp3) is 1.00. The molecule has 0 radical (unpaired) electrons. The Morgan fingerprint density at radius 1 is 1.37 bits per heavy atom. The number of piperidine rings is 1. The lowest BCUT2D eigenvalue weighted by atomic mass is 9.98. The third-order valence-electron chi connectivity index (χ3n) is 4.47. The molecule has 6 heteroatoms. The number of hydrogen-bond donors (Lipinski definition) is 1. The molecule has 0 aromatic carbocycles. The molecule has 1 saturated carbocycles. The molecule has 0 aromatic heterocycles. The highest BCUT2D eigenvalue weighted by Crippen LogP contribution is 2.35. The van der Waals surface area contributed by atoms with Crippen LogP contribution in [0.1, 0.15) is 25.7 Å². The van der Waals surface area contributed by atoms with Crippen LogP contribution < -0.4 is 5.73 Å². The Morgan fingerprint density at radius 3 is 2.58 bits per heavy atom. The molecule has 1 aliphatic carbocycles. The van der Waals surface area contributed by atoms with Crippen LogP contribution in [-0.2, 0) is 10.0 Å². The molecule has 1 heterocycles. The van der Waals surface area contributed by atoms with Gasteiger partial charge in [-0.3, -0.25) is 0 Å². The van der Waals surface area contributed by atoms with Gasteiger partial charge >= 0.3 is 0 Å². The molecule has 2 atom stereocenters. The number of hydrogen-bond acceptors (Lipinski definition) is 4. The summed E-state index contributed by atoms with van der Waals surface area (Å²) in [7, 11) is -0.900. The summed E-state index contributed by atoms with van der Waals surface area (Å²) in [6, 6.07) is 0.480. The maximum atomic E-state index is 11.6. The van der Waals surface area contributed by atoms with Gasteiger partial charge in [-0.1, -0.05) is 0 Å². The Labute approximate surface area is 117 Å². The molecule has 1 saturated heterocycles. The number of sulfonamides is 1. The molecule has 2 rings (SSSR count). The zero-order chi connectivity index (χ0) is 14.0. The number of rotatable bonds is 6. The van der Waals surface area contributed by atoms with Crippen LogP contribution in [0.2, 0.25) is 0 Å². The SMILES string of the molecule is CN(CC1CCCN(S(C)(=O)=O)C1)C(CN)C1CC1. The third-order valence-corrected chi connectivity index (χ3v) is 5.74. The van der Waals surface area contributed by atoms with E-state index < -0.39 is 10.0 Å². The zero-order valence-corrected chi connectivity index (χ0v) is 12.9. The lowest BCUT2D eigenvalue weighted by Gasteiger charge is -2.35. The van der Waals surface area contributed by atoms with Crippen molar-refractivity contribution in [2.24, 2.45) is 17.6 Å². The first-order chi connectivity index (χ1) is 8.91. The van der Waals surface area contributed by atoms with Crippen LogP contribution >= 0.6 is 0 Å². The molecule has 112 valence electrons. The van der Waals surface area contributed by atoms with Crippen LogP contribution in [0.5, 0.6) is 0 Å². The quantitative estimate of drug-likeness (QED) is 0.765. The molecule has 2 N–H and O–H groups in total. The second kappa shape index (κ2) is 6.08. The fourth-order valence-corrected chi connectivity index (χ4v) is 4.18. The summed E-state index contributed by atoms with van der Waals surface area (Å²) in [5.74, 6) is 1.21. The third kappa shape index (κ3) is 4.15. The molecular formula is C13H27N3O2S. The van der Waals surface area contributed by atoms with Crippen LogP contribution in [-0.4, -0.2) is 63.1 Å². The molecule has 0 amide bonds. The van der Waals surface area contributed by atoms with Gasteiger partial charge in [-0.2, -0.15) is 0 Å². The van der Waals surface area contributed by atoms with Crippen LogP contribution in [0.25, 0.3) is 0 Å². The first-order valence-electron chi connectivity index (χ1n) is 7.27. The first-order valence-corrected chi connectivity index (χ1v) is 9.12. The fourth-order valence-electron chi connectivity index (χ4n) is 3.23. The summed E-state index contributed by atoms with van der Waals surface area (Å²) in [5.41, 5.74) is 5.87. The summed E-state index contributed by atoms with van der Waals surface area (Å²) in [6.07, 6.45) is 6.01. The van der Waals surface area contributed by atoms with Crippen molar-refractivity contribution in [1.29, 1.82) is 0 Å². The molecular weight excluding hydrogens is 262 g/mol. The van der Waals surface area contributed by atoms with Gasteiger partial charge in [0.2, 0.25) is 10.0 Å². The van der Waals surface area contributed by atoms with Gasteiger partial charge < -0.3 is 10.6 Å². The van der Waals surface area contributed by atoms with Crippen LogP contribution in [0.15, 0.2) is 0 Å². The summed E-state index contributed by atoms with van der Waals surface area (Å²) in [6.45, 7) is 3.03. The Hall–Kier alpha value is -0.170. The summed E-state index contributed by atoms with van der Waals surface area (Å²) in [4.78, 5) is 2.36. The first kappa shape index (κ1) is 15.2. The van der Waals surface area contributed by atoms with E-state index in [-0.39, 0.29) is 0 Å². The van der Waals surface area contributed by atoms with Gasteiger partial charge in [0.15, 0.2) is 0 Å². The molecule has 2 unspecified atom stereocenters. The Kier molecular flexibility index (Phi) is 4.87. The predicted molar refractivity (Wildman–Crippen MR) is 77.3 cm³/mol. The van der Waals surface area contributed by atoms with E-state index in [4.69, 9.17) is 5.73 Å². The van der Waals surface area contributed by atoms with Crippen LogP contribution in [0.3, 0.4) is 0 Å². The van der Waals surface area contributed by atoms with Crippen molar-refractivity contribution in [3.8, 4) is 0 Å². The van der Waals surface area contributed by atoms with Gasteiger partial charge in [0.1, 0.15) is 0 Å². The van der Waals surface area contributed by atoms with Gasteiger partial charge in [0, 0.05) is 32.2 Å². The lowest BCUT2D eigenvalue weighted by molar-refractivity contribution is 0.155. The maximum Gasteiger partial charge on any atom is 0.211 e. The number of nitrogens with zero attached hydrogens (tertiary/aromatic N) is 2. The van der Waals surface area contributed by atoms with E-state index in [2.05, 4.69) is 11.9 Å². The number of likely N-dealkylation sites (N-methyl/N-ethyl adjacent to an activating group) is 1. The van der Waals surface area contributed by atoms with Gasteiger partial charge in [-0.15, -0.1) is 0 Å². The van der Waals surface area contributed by atoms with E-state index in [1.807, 2.05) is 0 Å². The Morgan fingerprint density at radius 2 is 2.05 bits per heavy atom. The van der Waals surface area contributed by atoms with Crippen LogP contribution in [0, 0.1) is 11.8 Å². The minimum atomic E-state index is -3.03. The summed E-state index contributed by atoms with van der Waals surface area (Å²) < 4.78 is 24.9. The lowest BCUT2D eigenvalue weighted by Crippen LogP contribution is -2.46. The summed E-state index contributed by atoms with van der Waals surface area (Å²) >= 11 is 0. The molecule has 0 aromatic rings. The second-order valence-corrected chi connectivity index (χ2v) is 8.19. The van der Waals surface area contributed by atoms with E-state index in [9.17, 15) is 8.42 Å². The molecule has 0 spiro atoms. The molecule has 2 aliphatic rings. The summed E-state index contributed by atoms with van der Waals surface area (Å²) in [5, 5.41) is 0. The standard InChI is InChI=1S/C13H27N3O2S/c1-15(13(8-14)12-5-6-12)9-11-4-3-7-16(10-11)19(2,17)18/h11-13H,3-10,14H2,1-2H3. The van der Waals surface area contributed by atoms with E-state index in [0.29, 0.717) is 31.6 Å². The van der Waals surface area contributed by atoms with Crippen molar-refractivity contribution in [2.75, 3.05) is 39.5 Å².